The van der Waals surface area contributed by atoms with Gasteiger partial charge in [-0.25, -0.2) is 9.37 Å². The van der Waals surface area contributed by atoms with Crippen LogP contribution in [0.5, 0.6) is 0 Å². The molecule has 3 aromatic rings. The van der Waals surface area contributed by atoms with Crippen molar-refractivity contribution in [3.8, 4) is 0 Å². The Labute approximate surface area is 138 Å². The SMILES string of the molecule is O=C(c1cccc2nccn12)N1C[C@@H](O)C[C@@H]1c1ccc(F)cc1. The van der Waals surface area contributed by atoms with E-state index in [0.717, 1.165) is 5.56 Å². The Morgan fingerprint density at radius 2 is 2.00 bits per heavy atom. The number of hydrogen-bond acceptors (Lipinski definition) is 3. The van der Waals surface area contributed by atoms with Crippen LogP contribution < -0.4 is 0 Å². The number of benzene rings is 1. The summed E-state index contributed by atoms with van der Waals surface area (Å²) in [6, 6.07) is 11.2. The molecule has 1 saturated heterocycles. The summed E-state index contributed by atoms with van der Waals surface area (Å²) < 4.78 is 14.9. The van der Waals surface area contributed by atoms with Crippen molar-refractivity contribution in [1.29, 1.82) is 0 Å². The molecule has 1 amide bonds. The van der Waals surface area contributed by atoms with Crippen LogP contribution in [0.1, 0.15) is 28.5 Å². The lowest BCUT2D eigenvalue weighted by atomic mass is 10.0. The molecule has 1 N–H and O–H groups in total. The van der Waals surface area contributed by atoms with E-state index in [9.17, 15) is 14.3 Å². The summed E-state index contributed by atoms with van der Waals surface area (Å²) in [6.07, 6.45) is 3.23. The number of carbonyl (C=O) groups excluding carboxylic acids is 1. The number of carbonyl (C=O) groups is 1. The van der Waals surface area contributed by atoms with Crippen molar-refractivity contribution in [3.63, 3.8) is 0 Å². The quantitative estimate of drug-likeness (QED) is 0.787. The van der Waals surface area contributed by atoms with E-state index in [1.807, 2.05) is 6.07 Å². The summed E-state index contributed by atoms with van der Waals surface area (Å²) >= 11 is 0. The average molecular weight is 325 g/mol. The Morgan fingerprint density at radius 3 is 2.79 bits per heavy atom. The number of aliphatic hydroxyl groups is 1. The third kappa shape index (κ3) is 2.45. The Balaban J connectivity index is 1.72. The molecule has 1 aliphatic heterocycles. The third-order valence-electron chi connectivity index (χ3n) is 4.44. The number of pyridine rings is 1. The van der Waals surface area contributed by atoms with Gasteiger partial charge in [0.05, 0.1) is 12.1 Å². The molecule has 0 bridgehead atoms. The second-order valence-corrected chi connectivity index (χ2v) is 5.98. The molecule has 0 unspecified atom stereocenters. The van der Waals surface area contributed by atoms with Crippen LogP contribution in [0.3, 0.4) is 0 Å². The lowest BCUT2D eigenvalue weighted by Gasteiger charge is -2.25. The number of nitrogens with zero attached hydrogens (tertiary/aromatic N) is 3. The number of fused-ring (bicyclic) bond motifs is 1. The molecule has 2 atom stereocenters. The molecule has 24 heavy (non-hydrogen) atoms. The molecule has 5 nitrogen and oxygen atoms in total. The smallest absolute Gasteiger partial charge is 0.271 e. The summed E-state index contributed by atoms with van der Waals surface area (Å²) in [6.45, 7) is 0.256. The summed E-state index contributed by atoms with van der Waals surface area (Å²) in [7, 11) is 0. The molecule has 6 heteroatoms. The van der Waals surface area contributed by atoms with Crippen LogP contribution in [-0.2, 0) is 0 Å². The number of imidazole rings is 1. The number of amides is 1. The number of rotatable bonds is 2. The standard InChI is InChI=1S/C18H16FN3O2/c19-13-6-4-12(5-7-13)16-10-14(23)11-22(16)18(24)15-2-1-3-17-20-8-9-21(15)17/h1-9,14,16,23H,10-11H2/t14-,16+/m0/s1. The average Bonchev–Trinajstić information content (AvgIpc) is 3.21. The van der Waals surface area contributed by atoms with E-state index in [4.69, 9.17) is 0 Å². The summed E-state index contributed by atoms with van der Waals surface area (Å²) in [5.41, 5.74) is 2.00. The van der Waals surface area contributed by atoms with Crippen molar-refractivity contribution in [2.45, 2.75) is 18.6 Å². The highest BCUT2D eigenvalue weighted by atomic mass is 19.1. The summed E-state index contributed by atoms with van der Waals surface area (Å²) in [4.78, 5) is 18.9. The van der Waals surface area contributed by atoms with Gasteiger partial charge in [0.2, 0.25) is 0 Å². The largest absolute Gasteiger partial charge is 0.391 e. The van der Waals surface area contributed by atoms with Crippen LogP contribution in [0.15, 0.2) is 54.9 Å². The number of halogens is 1. The van der Waals surface area contributed by atoms with Gasteiger partial charge in [-0.2, -0.15) is 0 Å². The molecule has 4 rings (SSSR count). The molecular weight excluding hydrogens is 309 g/mol. The number of β-amino-alcohol motifs (C(OH)–C–C–N with tert-alkyl or cyclic N) is 1. The number of aromatic nitrogens is 2. The molecule has 0 radical (unpaired) electrons. The predicted octanol–water partition coefficient (Wildman–Crippen LogP) is 2.42. The zero-order valence-corrected chi connectivity index (χ0v) is 12.8. The fourth-order valence-corrected chi connectivity index (χ4v) is 3.31. The lowest BCUT2D eigenvalue weighted by Crippen LogP contribution is -2.33. The minimum Gasteiger partial charge on any atom is -0.391 e. The van der Waals surface area contributed by atoms with Crippen LogP contribution >= 0.6 is 0 Å². The van der Waals surface area contributed by atoms with Crippen LogP contribution in [0, 0.1) is 5.82 Å². The second-order valence-electron chi connectivity index (χ2n) is 5.98. The van der Waals surface area contributed by atoms with E-state index in [0.29, 0.717) is 17.8 Å². The van der Waals surface area contributed by atoms with E-state index >= 15 is 0 Å². The van der Waals surface area contributed by atoms with Gasteiger partial charge < -0.3 is 10.0 Å². The van der Waals surface area contributed by atoms with Crippen molar-refractivity contribution in [1.82, 2.24) is 14.3 Å². The molecular formula is C18H16FN3O2. The summed E-state index contributed by atoms with van der Waals surface area (Å²) in [5.74, 6) is -0.497. The van der Waals surface area contributed by atoms with E-state index in [2.05, 4.69) is 4.98 Å². The maximum absolute atomic E-state index is 13.2. The van der Waals surface area contributed by atoms with Crippen molar-refractivity contribution in [2.24, 2.45) is 0 Å². The Kier molecular flexibility index (Phi) is 3.54. The van der Waals surface area contributed by atoms with Crippen molar-refractivity contribution < 1.29 is 14.3 Å². The molecule has 122 valence electrons. The first kappa shape index (κ1) is 14.8. The first-order chi connectivity index (χ1) is 11.6. The fraction of sp³-hybridized carbons (Fsp3) is 0.222. The van der Waals surface area contributed by atoms with Gasteiger partial charge in [-0.1, -0.05) is 18.2 Å². The van der Waals surface area contributed by atoms with E-state index in [-0.39, 0.29) is 24.3 Å². The van der Waals surface area contributed by atoms with Crippen molar-refractivity contribution >= 4 is 11.6 Å². The topological polar surface area (TPSA) is 57.8 Å². The minimum atomic E-state index is -0.592. The van der Waals surface area contributed by atoms with Gasteiger partial charge in [0.15, 0.2) is 0 Å². The molecule has 0 aliphatic carbocycles. The highest BCUT2D eigenvalue weighted by Gasteiger charge is 2.36. The highest BCUT2D eigenvalue weighted by molar-refractivity contribution is 5.93. The number of likely N-dealkylation sites (tertiary alicyclic amines) is 1. The lowest BCUT2D eigenvalue weighted by molar-refractivity contribution is 0.0708. The maximum atomic E-state index is 13.2. The van der Waals surface area contributed by atoms with E-state index < -0.39 is 6.10 Å². The molecule has 1 fully saturated rings. The van der Waals surface area contributed by atoms with Gasteiger partial charge in [-0.05, 0) is 36.2 Å². The molecule has 2 aromatic heterocycles. The van der Waals surface area contributed by atoms with Gasteiger partial charge in [0, 0.05) is 18.9 Å². The molecule has 3 heterocycles. The Hall–Kier alpha value is -2.73. The zero-order chi connectivity index (χ0) is 16.7. The number of hydrogen-bond donors (Lipinski definition) is 1. The van der Waals surface area contributed by atoms with Gasteiger partial charge in [-0.3, -0.25) is 9.20 Å². The van der Waals surface area contributed by atoms with Crippen LogP contribution in [0.25, 0.3) is 5.65 Å². The third-order valence-corrected chi connectivity index (χ3v) is 4.44. The first-order valence-electron chi connectivity index (χ1n) is 7.80. The van der Waals surface area contributed by atoms with Crippen molar-refractivity contribution in [2.75, 3.05) is 6.54 Å². The maximum Gasteiger partial charge on any atom is 0.271 e. The molecule has 1 aliphatic rings. The normalized spacial score (nSPS) is 20.7. The fourth-order valence-electron chi connectivity index (χ4n) is 3.31. The Bertz CT molecular complexity index is 891. The molecule has 0 spiro atoms. The predicted molar refractivity (Wildman–Crippen MR) is 86.0 cm³/mol. The van der Waals surface area contributed by atoms with Gasteiger partial charge in [0.25, 0.3) is 5.91 Å². The second kappa shape index (κ2) is 5.72. The van der Waals surface area contributed by atoms with Crippen molar-refractivity contribution in [3.05, 3.63) is 71.9 Å². The van der Waals surface area contributed by atoms with E-state index in [1.165, 1.54) is 12.1 Å². The van der Waals surface area contributed by atoms with Crippen LogP contribution in [0.2, 0.25) is 0 Å². The zero-order valence-electron chi connectivity index (χ0n) is 12.8. The molecule has 1 aromatic carbocycles. The number of aliphatic hydroxyl groups excluding tert-OH is 1. The van der Waals surface area contributed by atoms with Gasteiger partial charge in [-0.15, -0.1) is 0 Å². The van der Waals surface area contributed by atoms with Gasteiger partial charge in [0.1, 0.15) is 17.2 Å². The van der Waals surface area contributed by atoms with Gasteiger partial charge >= 0.3 is 0 Å². The first-order valence-corrected chi connectivity index (χ1v) is 7.80. The molecule has 0 saturated carbocycles. The van der Waals surface area contributed by atoms with Crippen LogP contribution in [0.4, 0.5) is 4.39 Å². The minimum absolute atomic E-state index is 0.176. The highest BCUT2D eigenvalue weighted by Crippen LogP contribution is 2.33. The summed E-state index contributed by atoms with van der Waals surface area (Å²) in [5, 5.41) is 10.1. The monoisotopic (exact) mass is 325 g/mol. The van der Waals surface area contributed by atoms with Crippen LogP contribution in [-0.4, -0.2) is 37.9 Å². The van der Waals surface area contributed by atoms with E-state index in [1.54, 1.807) is 46.0 Å². The Morgan fingerprint density at radius 1 is 1.21 bits per heavy atom.